The first-order valence-corrected chi connectivity index (χ1v) is 6.59. The van der Waals surface area contributed by atoms with Gasteiger partial charge < -0.3 is 10.1 Å². The number of carbonyl (C=O) groups excluding carboxylic acids is 1. The Morgan fingerprint density at radius 3 is 2.48 bits per heavy atom. The van der Waals surface area contributed by atoms with Crippen molar-refractivity contribution in [1.82, 2.24) is 0 Å². The first-order chi connectivity index (χ1) is 10.1. The van der Waals surface area contributed by atoms with E-state index in [1.54, 1.807) is 18.2 Å². The van der Waals surface area contributed by atoms with Crippen molar-refractivity contribution in [3.05, 3.63) is 58.9 Å². The molecule has 2 N–H and O–H groups in total. The number of methoxy groups -OCH3 is 1. The van der Waals surface area contributed by atoms with E-state index in [2.05, 4.69) is 15.4 Å². The van der Waals surface area contributed by atoms with Crippen LogP contribution >= 0.6 is 11.6 Å². The standard InChI is InChI=1S/C15H14ClFN2O2/c1-21-15(20)19-13-6-4-12(5-7-13)18-9-10-2-3-11(17)8-14(10)16/h2-8,18H,9H2,1H3,(H,19,20). The first-order valence-electron chi connectivity index (χ1n) is 6.21. The monoisotopic (exact) mass is 308 g/mol. The summed E-state index contributed by atoms with van der Waals surface area (Å²) in [5, 5.41) is 6.10. The van der Waals surface area contributed by atoms with Crippen LogP contribution in [0.1, 0.15) is 5.56 Å². The summed E-state index contributed by atoms with van der Waals surface area (Å²) in [6, 6.07) is 11.4. The molecule has 0 radical (unpaired) electrons. The predicted octanol–water partition coefficient (Wildman–Crippen LogP) is 4.27. The van der Waals surface area contributed by atoms with Crippen LogP contribution in [0.5, 0.6) is 0 Å². The zero-order valence-electron chi connectivity index (χ0n) is 11.3. The number of amides is 1. The molecule has 0 aliphatic carbocycles. The summed E-state index contributed by atoms with van der Waals surface area (Å²) in [6.45, 7) is 0.475. The van der Waals surface area contributed by atoms with Crippen molar-refractivity contribution in [1.29, 1.82) is 0 Å². The van der Waals surface area contributed by atoms with Crippen LogP contribution < -0.4 is 10.6 Å². The molecule has 2 rings (SSSR count). The summed E-state index contributed by atoms with van der Waals surface area (Å²) in [4.78, 5) is 11.0. The van der Waals surface area contributed by atoms with Gasteiger partial charge in [-0.3, -0.25) is 5.32 Å². The number of rotatable bonds is 4. The lowest BCUT2D eigenvalue weighted by molar-refractivity contribution is 0.187. The van der Waals surface area contributed by atoms with Gasteiger partial charge in [0.2, 0.25) is 0 Å². The summed E-state index contributed by atoms with van der Waals surface area (Å²) in [7, 11) is 1.30. The largest absolute Gasteiger partial charge is 0.453 e. The van der Waals surface area contributed by atoms with Crippen molar-refractivity contribution in [2.24, 2.45) is 0 Å². The number of anilines is 2. The predicted molar refractivity (Wildman–Crippen MR) is 81.2 cm³/mol. The number of carbonyl (C=O) groups is 1. The Bertz CT molecular complexity index is 632. The van der Waals surface area contributed by atoms with Gasteiger partial charge in [0.1, 0.15) is 5.82 Å². The summed E-state index contributed by atoms with van der Waals surface area (Å²) < 4.78 is 17.4. The van der Waals surface area contributed by atoms with E-state index in [1.807, 2.05) is 12.1 Å². The smallest absolute Gasteiger partial charge is 0.411 e. The van der Waals surface area contributed by atoms with Crippen LogP contribution in [0.4, 0.5) is 20.6 Å². The van der Waals surface area contributed by atoms with E-state index in [0.29, 0.717) is 17.3 Å². The van der Waals surface area contributed by atoms with E-state index in [-0.39, 0.29) is 5.82 Å². The van der Waals surface area contributed by atoms with Crippen molar-refractivity contribution in [2.75, 3.05) is 17.7 Å². The van der Waals surface area contributed by atoms with Crippen LogP contribution in [-0.2, 0) is 11.3 Å². The van der Waals surface area contributed by atoms with Crippen LogP contribution in [0.2, 0.25) is 5.02 Å². The Labute approximate surface area is 126 Å². The lowest BCUT2D eigenvalue weighted by Crippen LogP contribution is -2.10. The molecule has 0 aromatic heterocycles. The molecule has 0 unspecified atom stereocenters. The van der Waals surface area contributed by atoms with E-state index < -0.39 is 6.09 Å². The normalized spacial score (nSPS) is 10.0. The van der Waals surface area contributed by atoms with E-state index in [9.17, 15) is 9.18 Å². The van der Waals surface area contributed by atoms with E-state index >= 15 is 0 Å². The van der Waals surface area contributed by atoms with Crippen molar-refractivity contribution >= 4 is 29.1 Å². The quantitative estimate of drug-likeness (QED) is 0.887. The molecule has 0 heterocycles. The van der Waals surface area contributed by atoms with Crippen molar-refractivity contribution in [2.45, 2.75) is 6.54 Å². The van der Waals surface area contributed by atoms with E-state index in [4.69, 9.17) is 11.6 Å². The topological polar surface area (TPSA) is 50.4 Å². The Kier molecular flexibility index (Phi) is 5.00. The fraction of sp³-hybridized carbons (Fsp3) is 0.133. The van der Waals surface area contributed by atoms with Gasteiger partial charge in [-0.25, -0.2) is 9.18 Å². The highest BCUT2D eigenvalue weighted by Gasteiger charge is 2.03. The molecule has 0 spiro atoms. The van der Waals surface area contributed by atoms with Gasteiger partial charge in [0.15, 0.2) is 0 Å². The fourth-order valence-corrected chi connectivity index (χ4v) is 1.94. The van der Waals surface area contributed by atoms with Crippen molar-refractivity contribution in [3.8, 4) is 0 Å². The van der Waals surface area contributed by atoms with Crippen LogP contribution in [0, 0.1) is 5.82 Å². The molecule has 0 saturated carbocycles. The third-order valence-electron chi connectivity index (χ3n) is 2.81. The molecule has 21 heavy (non-hydrogen) atoms. The van der Waals surface area contributed by atoms with Gasteiger partial charge in [-0.05, 0) is 42.0 Å². The average Bonchev–Trinajstić information content (AvgIpc) is 2.48. The third-order valence-corrected chi connectivity index (χ3v) is 3.17. The molecule has 0 saturated heterocycles. The second-order valence-corrected chi connectivity index (χ2v) is 4.69. The van der Waals surface area contributed by atoms with Crippen molar-refractivity contribution in [3.63, 3.8) is 0 Å². The molecule has 0 bridgehead atoms. The zero-order chi connectivity index (χ0) is 15.2. The van der Waals surface area contributed by atoms with Gasteiger partial charge in [-0.15, -0.1) is 0 Å². The zero-order valence-corrected chi connectivity index (χ0v) is 12.1. The number of benzene rings is 2. The number of nitrogens with one attached hydrogen (secondary N) is 2. The Hall–Kier alpha value is -2.27. The maximum atomic E-state index is 12.9. The molecule has 2 aromatic rings. The lowest BCUT2D eigenvalue weighted by Gasteiger charge is -2.09. The maximum Gasteiger partial charge on any atom is 0.411 e. The summed E-state index contributed by atoms with van der Waals surface area (Å²) in [6.07, 6.45) is -0.520. The highest BCUT2D eigenvalue weighted by molar-refractivity contribution is 6.31. The molecule has 0 atom stereocenters. The Morgan fingerprint density at radius 2 is 1.86 bits per heavy atom. The first kappa shape index (κ1) is 15.1. The summed E-state index contributed by atoms with van der Waals surface area (Å²) >= 11 is 5.95. The fourth-order valence-electron chi connectivity index (χ4n) is 1.70. The van der Waals surface area contributed by atoms with E-state index in [0.717, 1.165) is 11.3 Å². The lowest BCUT2D eigenvalue weighted by atomic mass is 10.2. The van der Waals surface area contributed by atoms with Gasteiger partial charge in [-0.2, -0.15) is 0 Å². The highest BCUT2D eigenvalue weighted by Crippen LogP contribution is 2.19. The molecule has 0 aliphatic heterocycles. The summed E-state index contributed by atoms with van der Waals surface area (Å²) in [5.41, 5.74) is 2.29. The second-order valence-electron chi connectivity index (χ2n) is 4.28. The molecule has 110 valence electrons. The maximum absolute atomic E-state index is 12.9. The number of halogens is 2. The number of ether oxygens (including phenoxy) is 1. The van der Waals surface area contributed by atoms with Crippen molar-refractivity contribution < 1.29 is 13.9 Å². The van der Waals surface area contributed by atoms with E-state index in [1.165, 1.54) is 19.2 Å². The van der Waals surface area contributed by atoms with Gasteiger partial charge in [0, 0.05) is 22.9 Å². The SMILES string of the molecule is COC(=O)Nc1ccc(NCc2ccc(F)cc2Cl)cc1. The summed E-state index contributed by atoms with van der Waals surface area (Å²) in [5.74, 6) is -0.359. The van der Waals surface area contributed by atoms with Crippen LogP contribution in [-0.4, -0.2) is 13.2 Å². The third kappa shape index (κ3) is 4.36. The molecular weight excluding hydrogens is 295 g/mol. The molecule has 1 amide bonds. The Balaban J connectivity index is 1.96. The molecule has 6 heteroatoms. The van der Waals surface area contributed by atoms with Crippen LogP contribution in [0.25, 0.3) is 0 Å². The average molecular weight is 309 g/mol. The molecule has 0 aliphatic rings. The highest BCUT2D eigenvalue weighted by atomic mass is 35.5. The van der Waals surface area contributed by atoms with Gasteiger partial charge in [0.05, 0.1) is 7.11 Å². The van der Waals surface area contributed by atoms with Gasteiger partial charge in [0.25, 0.3) is 0 Å². The minimum absolute atomic E-state index is 0.359. The van der Waals surface area contributed by atoms with Crippen LogP contribution in [0.15, 0.2) is 42.5 Å². The molecular formula is C15H14ClFN2O2. The van der Waals surface area contributed by atoms with Crippen LogP contribution in [0.3, 0.4) is 0 Å². The minimum atomic E-state index is -0.520. The Morgan fingerprint density at radius 1 is 1.19 bits per heavy atom. The molecule has 2 aromatic carbocycles. The minimum Gasteiger partial charge on any atom is -0.453 e. The molecule has 0 fully saturated rings. The van der Waals surface area contributed by atoms with Gasteiger partial charge >= 0.3 is 6.09 Å². The number of hydrogen-bond acceptors (Lipinski definition) is 3. The molecule has 4 nitrogen and oxygen atoms in total. The second kappa shape index (κ2) is 6.95. The van der Waals surface area contributed by atoms with Gasteiger partial charge in [-0.1, -0.05) is 17.7 Å². The number of hydrogen-bond donors (Lipinski definition) is 2.